The van der Waals surface area contributed by atoms with Gasteiger partial charge in [0, 0.05) is 7.05 Å². The van der Waals surface area contributed by atoms with Crippen LogP contribution >= 0.6 is 12.2 Å². The largest absolute Gasteiger partial charge is 0.466 e. The number of quaternary nitrogens is 1. The molecule has 1 N–H and O–H groups in total. The van der Waals surface area contributed by atoms with Gasteiger partial charge in [-0.25, -0.2) is 0 Å². The Balaban J connectivity index is 1.81. The maximum Gasteiger partial charge on any atom is 0.314 e. The molecule has 23 heavy (non-hydrogen) atoms. The number of aromatic nitrogens is 2. The topological polar surface area (TPSA) is 40.6 Å². The van der Waals surface area contributed by atoms with E-state index >= 15 is 0 Å². The van der Waals surface area contributed by atoms with Crippen LogP contribution in [-0.4, -0.2) is 34.8 Å². The molecular weight excluding hydrogens is 310 g/mol. The van der Waals surface area contributed by atoms with E-state index in [9.17, 15) is 4.79 Å². The van der Waals surface area contributed by atoms with Crippen LogP contribution in [0.5, 0.6) is 0 Å². The molecule has 5 nitrogen and oxygen atoms in total. The van der Waals surface area contributed by atoms with Crippen molar-refractivity contribution in [3.05, 3.63) is 29.0 Å². The highest BCUT2D eigenvalue weighted by atomic mass is 32.1. The van der Waals surface area contributed by atoms with Gasteiger partial charge in [-0.05, 0) is 44.1 Å². The molecule has 2 atom stereocenters. The molecule has 6 heteroatoms. The van der Waals surface area contributed by atoms with E-state index in [1.807, 2.05) is 26.1 Å². The van der Waals surface area contributed by atoms with Crippen LogP contribution in [0.4, 0.5) is 0 Å². The van der Waals surface area contributed by atoms with Crippen LogP contribution in [0.2, 0.25) is 0 Å². The van der Waals surface area contributed by atoms with Crippen LogP contribution in [0.1, 0.15) is 19.8 Å². The minimum absolute atomic E-state index is 0.0165. The van der Waals surface area contributed by atoms with Crippen molar-refractivity contribution in [3.63, 3.8) is 0 Å². The van der Waals surface area contributed by atoms with Crippen molar-refractivity contribution in [1.82, 2.24) is 9.13 Å². The molecule has 0 aliphatic carbocycles. The molecule has 0 radical (unpaired) electrons. The SMILES string of the molecule is CCOC(=O)[C@@H]1CCC[NH+](Cn2c(=S)n(C)c3ccccc32)C1. The number of carbonyl (C=O) groups excluding carboxylic acids is 1. The predicted octanol–water partition coefficient (Wildman–Crippen LogP) is 1.52. The molecule has 1 aromatic heterocycles. The lowest BCUT2D eigenvalue weighted by Crippen LogP contribution is -3.13. The Morgan fingerprint density at radius 1 is 1.39 bits per heavy atom. The fourth-order valence-corrected chi connectivity index (χ4v) is 3.76. The first kappa shape index (κ1) is 16.2. The molecule has 1 aliphatic rings. The fraction of sp³-hybridized carbons (Fsp3) is 0.529. The summed E-state index contributed by atoms with van der Waals surface area (Å²) in [6, 6.07) is 8.28. The van der Waals surface area contributed by atoms with Gasteiger partial charge in [0.2, 0.25) is 0 Å². The van der Waals surface area contributed by atoms with Crippen molar-refractivity contribution >= 4 is 29.2 Å². The molecule has 0 saturated carbocycles. The van der Waals surface area contributed by atoms with Gasteiger partial charge in [-0.1, -0.05) is 12.1 Å². The van der Waals surface area contributed by atoms with E-state index in [1.165, 1.54) is 4.90 Å². The number of nitrogens with one attached hydrogen (secondary N) is 1. The average molecular weight is 334 g/mol. The standard InChI is InChI=1S/C17H23N3O2S/c1-3-22-16(21)13-7-6-10-19(11-13)12-20-15-9-5-4-8-14(15)18(2)17(20)23/h4-5,8-9,13H,3,6-7,10-12H2,1-2H3/p+1/t13-/m1/s1. The monoisotopic (exact) mass is 334 g/mol. The molecule has 124 valence electrons. The summed E-state index contributed by atoms with van der Waals surface area (Å²) in [5.74, 6) is -0.0333. The Bertz CT molecular complexity index is 765. The van der Waals surface area contributed by atoms with Crippen LogP contribution in [-0.2, 0) is 23.2 Å². The first-order valence-electron chi connectivity index (χ1n) is 8.26. The second-order valence-electron chi connectivity index (χ2n) is 6.21. The number of benzene rings is 1. The zero-order valence-electron chi connectivity index (χ0n) is 13.7. The number of carbonyl (C=O) groups is 1. The molecule has 1 unspecified atom stereocenters. The number of hydrogen-bond acceptors (Lipinski definition) is 3. The van der Waals surface area contributed by atoms with Gasteiger partial charge in [0.1, 0.15) is 5.92 Å². The second kappa shape index (κ2) is 6.84. The highest BCUT2D eigenvalue weighted by Crippen LogP contribution is 2.16. The number of fused-ring (bicyclic) bond motifs is 1. The van der Waals surface area contributed by atoms with Gasteiger partial charge in [-0.2, -0.15) is 0 Å². The third-order valence-corrected chi connectivity index (χ3v) is 5.17. The molecule has 0 bridgehead atoms. The van der Waals surface area contributed by atoms with E-state index in [4.69, 9.17) is 17.0 Å². The molecule has 1 aliphatic heterocycles. The average Bonchev–Trinajstić information content (AvgIpc) is 2.81. The minimum Gasteiger partial charge on any atom is -0.466 e. The van der Waals surface area contributed by atoms with E-state index in [2.05, 4.69) is 21.3 Å². The Morgan fingerprint density at radius 3 is 2.87 bits per heavy atom. The molecule has 1 saturated heterocycles. The smallest absolute Gasteiger partial charge is 0.314 e. The Kier molecular flexibility index (Phi) is 4.82. The lowest BCUT2D eigenvalue weighted by Gasteiger charge is -2.28. The van der Waals surface area contributed by atoms with Crippen LogP contribution < -0.4 is 4.90 Å². The summed E-state index contributed by atoms with van der Waals surface area (Å²) in [5, 5.41) is 0. The molecule has 3 rings (SSSR count). The highest BCUT2D eigenvalue weighted by Gasteiger charge is 2.30. The zero-order valence-corrected chi connectivity index (χ0v) is 14.6. The number of ether oxygens (including phenoxy) is 1. The van der Waals surface area contributed by atoms with Crippen molar-refractivity contribution in [1.29, 1.82) is 0 Å². The van der Waals surface area contributed by atoms with Crippen molar-refractivity contribution < 1.29 is 14.4 Å². The van der Waals surface area contributed by atoms with E-state index in [0.29, 0.717) is 6.61 Å². The number of imidazole rings is 1. The summed E-state index contributed by atoms with van der Waals surface area (Å²) >= 11 is 5.61. The third-order valence-electron chi connectivity index (χ3n) is 4.67. The second-order valence-corrected chi connectivity index (χ2v) is 6.58. The van der Waals surface area contributed by atoms with Gasteiger partial charge in [0.05, 0.1) is 30.7 Å². The summed E-state index contributed by atoms with van der Waals surface area (Å²) in [4.78, 5) is 13.4. The number of hydrogen-bond donors (Lipinski definition) is 1. The molecular formula is C17H24N3O2S+. The van der Waals surface area contributed by atoms with Gasteiger partial charge in [-0.3, -0.25) is 9.36 Å². The van der Waals surface area contributed by atoms with E-state index < -0.39 is 0 Å². The number of nitrogens with zero attached hydrogens (tertiary/aromatic N) is 2. The summed E-state index contributed by atoms with van der Waals surface area (Å²) < 4.78 is 10.3. The first-order valence-corrected chi connectivity index (χ1v) is 8.67. The Labute approximate surface area is 141 Å². The maximum absolute atomic E-state index is 12.0. The molecule has 2 aromatic rings. The summed E-state index contributed by atoms with van der Waals surface area (Å²) in [6.45, 7) is 5.01. The number of likely N-dealkylation sites (tertiary alicyclic amines) is 1. The van der Waals surface area contributed by atoms with Crippen molar-refractivity contribution in [2.24, 2.45) is 13.0 Å². The van der Waals surface area contributed by atoms with Gasteiger partial charge in [0.25, 0.3) is 0 Å². The number of esters is 1. The predicted molar refractivity (Wildman–Crippen MR) is 91.8 cm³/mol. The van der Waals surface area contributed by atoms with Crippen LogP contribution in [0, 0.1) is 10.7 Å². The first-order chi connectivity index (χ1) is 11.1. The quantitative estimate of drug-likeness (QED) is 0.681. The summed E-state index contributed by atoms with van der Waals surface area (Å²) in [6.07, 6.45) is 1.99. The third kappa shape index (κ3) is 3.19. The molecule has 0 amide bonds. The number of rotatable bonds is 4. The lowest BCUT2D eigenvalue weighted by atomic mass is 9.98. The minimum atomic E-state index is -0.0498. The normalized spacial score (nSPS) is 21.5. The van der Waals surface area contributed by atoms with Crippen molar-refractivity contribution in [2.75, 3.05) is 19.7 Å². The Morgan fingerprint density at radius 2 is 2.13 bits per heavy atom. The fourth-order valence-electron chi connectivity index (χ4n) is 3.50. The highest BCUT2D eigenvalue weighted by molar-refractivity contribution is 7.71. The zero-order chi connectivity index (χ0) is 16.4. The molecule has 1 fully saturated rings. The van der Waals surface area contributed by atoms with Crippen LogP contribution in [0.25, 0.3) is 11.0 Å². The van der Waals surface area contributed by atoms with E-state index in [1.54, 1.807) is 0 Å². The maximum atomic E-state index is 12.0. The van der Waals surface area contributed by atoms with Gasteiger partial charge < -0.3 is 14.2 Å². The summed E-state index contributed by atoms with van der Waals surface area (Å²) in [5.41, 5.74) is 2.31. The van der Waals surface area contributed by atoms with Crippen molar-refractivity contribution in [2.45, 2.75) is 26.4 Å². The molecule has 1 aromatic carbocycles. The van der Waals surface area contributed by atoms with Crippen LogP contribution in [0.3, 0.4) is 0 Å². The van der Waals surface area contributed by atoms with E-state index in [-0.39, 0.29) is 11.9 Å². The van der Waals surface area contributed by atoms with Crippen molar-refractivity contribution in [3.8, 4) is 0 Å². The van der Waals surface area contributed by atoms with Gasteiger partial charge in [0.15, 0.2) is 11.4 Å². The number of para-hydroxylation sites is 2. The molecule has 0 spiro atoms. The number of aryl methyl sites for hydroxylation is 1. The van der Waals surface area contributed by atoms with E-state index in [0.717, 1.165) is 48.4 Å². The Hall–Kier alpha value is -1.66. The van der Waals surface area contributed by atoms with Gasteiger partial charge in [-0.15, -0.1) is 0 Å². The summed E-state index contributed by atoms with van der Waals surface area (Å²) in [7, 11) is 2.01. The lowest BCUT2D eigenvalue weighted by molar-refractivity contribution is -0.929. The number of piperidine rings is 1. The van der Waals surface area contributed by atoms with Crippen LogP contribution in [0.15, 0.2) is 24.3 Å². The van der Waals surface area contributed by atoms with Gasteiger partial charge >= 0.3 is 5.97 Å². The molecule has 2 heterocycles.